The first-order valence-corrected chi connectivity index (χ1v) is 9.14. The summed E-state index contributed by atoms with van der Waals surface area (Å²) in [4.78, 5) is 30.5. The van der Waals surface area contributed by atoms with Crippen molar-refractivity contribution in [2.24, 2.45) is 0 Å². The van der Waals surface area contributed by atoms with Gasteiger partial charge in [0.05, 0.1) is 18.3 Å². The summed E-state index contributed by atoms with van der Waals surface area (Å²) in [6, 6.07) is 9.27. The number of hydrogen-bond donors (Lipinski definition) is 2. The van der Waals surface area contributed by atoms with Gasteiger partial charge < -0.3 is 10.2 Å². The Morgan fingerprint density at radius 2 is 1.97 bits per heavy atom. The standard InChI is InChI=1S/C21H18N8O/c1-29(2)19(30)13-24-21-23-10-8-18(27-21)20-22-9-7-16(26-20)5-3-14-4-6-17-15(11-14)12-25-28-17/h4,6-12H,13H2,1-2H3,(H,25,28)(H,23,24,27). The van der Waals surface area contributed by atoms with Crippen molar-refractivity contribution in [3.8, 4) is 23.4 Å². The Kier molecular flexibility index (Phi) is 5.30. The van der Waals surface area contributed by atoms with E-state index in [9.17, 15) is 4.79 Å². The quantitative estimate of drug-likeness (QED) is 0.503. The molecule has 0 saturated carbocycles. The summed E-state index contributed by atoms with van der Waals surface area (Å²) in [6.45, 7) is 0.101. The van der Waals surface area contributed by atoms with Gasteiger partial charge in [0, 0.05) is 37.4 Å². The van der Waals surface area contributed by atoms with E-state index in [4.69, 9.17) is 0 Å². The van der Waals surface area contributed by atoms with Gasteiger partial charge in [0.2, 0.25) is 11.9 Å². The summed E-state index contributed by atoms with van der Waals surface area (Å²) in [7, 11) is 3.38. The number of fused-ring (bicyclic) bond motifs is 1. The molecular weight excluding hydrogens is 380 g/mol. The average molecular weight is 398 g/mol. The molecule has 0 aliphatic heterocycles. The Labute approximate surface area is 172 Å². The van der Waals surface area contributed by atoms with Crippen LogP contribution in [-0.2, 0) is 4.79 Å². The second-order valence-corrected chi connectivity index (χ2v) is 6.59. The molecule has 1 amide bonds. The summed E-state index contributed by atoms with van der Waals surface area (Å²) in [6.07, 6.45) is 4.99. The fourth-order valence-corrected chi connectivity index (χ4v) is 2.59. The van der Waals surface area contributed by atoms with E-state index < -0.39 is 0 Å². The molecular formula is C21H18N8O. The zero-order valence-corrected chi connectivity index (χ0v) is 16.4. The normalized spacial score (nSPS) is 10.3. The van der Waals surface area contributed by atoms with E-state index in [1.54, 1.807) is 44.8 Å². The van der Waals surface area contributed by atoms with Crippen LogP contribution in [0.15, 0.2) is 48.9 Å². The van der Waals surface area contributed by atoms with Gasteiger partial charge in [0.1, 0.15) is 11.4 Å². The van der Waals surface area contributed by atoms with Crippen molar-refractivity contribution in [1.82, 2.24) is 35.0 Å². The van der Waals surface area contributed by atoms with Crippen LogP contribution >= 0.6 is 0 Å². The number of hydrogen-bond acceptors (Lipinski definition) is 7. The fraction of sp³-hybridized carbons (Fsp3) is 0.143. The number of likely N-dealkylation sites (N-methyl/N-ethyl adjacent to an activating group) is 1. The van der Waals surface area contributed by atoms with Gasteiger partial charge in [0.15, 0.2) is 5.82 Å². The molecule has 0 spiro atoms. The maximum Gasteiger partial charge on any atom is 0.241 e. The number of carbonyl (C=O) groups is 1. The highest BCUT2D eigenvalue weighted by molar-refractivity contribution is 5.80. The first kappa shape index (κ1) is 19.0. The number of aromatic amines is 1. The molecule has 9 nitrogen and oxygen atoms in total. The van der Waals surface area contributed by atoms with Gasteiger partial charge in [-0.15, -0.1) is 0 Å². The van der Waals surface area contributed by atoms with Crippen molar-refractivity contribution in [2.75, 3.05) is 26.0 Å². The lowest BCUT2D eigenvalue weighted by atomic mass is 10.1. The number of carbonyl (C=O) groups excluding carboxylic acids is 1. The lowest BCUT2D eigenvalue weighted by Crippen LogP contribution is -2.29. The minimum atomic E-state index is -0.0777. The molecule has 0 aliphatic rings. The van der Waals surface area contributed by atoms with Crippen LogP contribution in [-0.4, -0.2) is 61.6 Å². The molecule has 0 atom stereocenters. The molecule has 0 aliphatic carbocycles. The summed E-state index contributed by atoms with van der Waals surface area (Å²) in [5.41, 5.74) is 2.94. The monoisotopic (exact) mass is 398 g/mol. The topological polar surface area (TPSA) is 113 Å². The molecule has 1 aromatic carbocycles. The van der Waals surface area contributed by atoms with Crippen LogP contribution in [0.25, 0.3) is 22.4 Å². The van der Waals surface area contributed by atoms with E-state index in [1.165, 1.54) is 4.90 Å². The first-order chi connectivity index (χ1) is 14.6. The van der Waals surface area contributed by atoms with Crippen molar-refractivity contribution in [3.05, 3.63) is 60.2 Å². The number of rotatable bonds is 4. The van der Waals surface area contributed by atoms with Gasteiger partial charge in [-0.05, 0) is 36.3 Å². The van der Waals surface area contributed by atoms with Gasteiger partial charge in [-0.3, -0.25) is 9.89 Å². The highest BCUT2D eigenvalue weighted by Crippen LogP contribution is 2.14. The van der Waals surface area contributed by atoms with Crippen molar-refractivity contribution < 1.29 is 4.79 Å². The highest BCUT2D eigenvalue weighted by atomic mass is 16.2. The molecule has 148 valence electrons. The van der Waals surface area contributed by atoms with Gasteiger partial charge >= 0.3 is 0 Å². The van der Waals surface area contributed by atoms with Gasteiger partial charge in [-0.1, -0.05) is 5.92 Å². The molecule has 9 heteroatoms. The number of aromatic nitrogens is 6. The van der Waals surface area contributed by atoms with Crippen molar-refractivity contribution in [2.45, 2.75) is 0 Å². The second kappa shape index (κ2) is 8.36. The van der Waals surface area contributed by atoms with Gasteiger partial charge in [-0.25, -0.2) is 19.9 Å². The Hall–Kier alpha value is -4.32. The van der Waals surface area contributed by atoms with Crippen molar-refractivity contribution >= 4 is 22.8 Å². The van der Waals surface area contributed by atoms with Crippen LogP contribution in [0.3, 0.4) is 0 Å². The van der Waals surface area contributed by atoms with Gasteiger partial charge in [-0.2, -0.15) is 5.10 Å². The van der Waals surface area contributed by atoms with Gasteiger partial charge in [0.25, 0.3) is 0 Å². The Balaban J connectivity index is 1.54. The van der Waals surface area contributed by atoms with Crippen LogP contribution in [0.4, 0.5) is 5.95 Å². The van der Waals surface area contributed by atoms with Crippen LogP contribution < -0.4 is 5.32 Å². The minimum absolute atomic E-state index is 0.0777. The van der Waals surface area contributed by atoms with E-state index in [2.05, 4.69) is 47.3 Å². The average Bonchev–Trinajstić information content (AvgIpc) is 3.24. The summed E-state index contributed by atoms with van der Waals surface area (Å²) in [5, 5.41) is 10.8. The lowest BCUT2D eigenvalue weighted by molar-refractivity contribution is -0.126. The second-order valence-electron chi connectivity index (χ2n) is 6.59. The number of anilines is 1. The van der Waals surface area contributed by atoms with E-state index >= 15 is 0 Å². The molecule has 0 radical (unpaired) electrons. The maximum atomic E-state index is 11.7. The zero-order valence-electron chi connectivity index (χ0n) is 16.4. The molecule has 4 rings (SSSR count). The van der Waals surface area contributed by atoms with E-state index in [0.717, 1.165) is 16.5 Å². The highest BCUT2D eigenvalue weighted by Gasteiger charge is 2.08. The summed E-state index contributed by atoms with van der Waals surface area (Å²) >= 11 is 0. The first-order valence-electron chi connectivity index (χ1n) is 9.14. The summed E-state index contributed by atoms with van der Waals surface area (Å²) in [5.74, 6) is 6.84. The van der Waals surface area contributed by atoms with E-state index in [-0.39, 0.29) is 12.5 Å². The third-order valence-electron chi connectivity index (χ3n) is 4.21. The molecule has 0 saturated heterocycles. The summed E-state index contributed by atoms with van der Waals surface area (Å²) < 4.78 is 0. The third kappa shape index (κ3) is 4.39. The van der Waals surface area contributed by atoms with Crippen molar-refractivity contribution in [3.63, 3.8) is 0 Å². The smallest absolute Gasteiger partial charge is 0.241 e. The molecule has 0 fully saturated rings. The number of nitrogens with zero attached hydrogens (tertiary/aromatic N) is 6. The molecule has 30 heavy (non-hydrogen) atoms. The number of nitrogens with one attached hydrogen (secondary N) is 2. The fourth-order valence-electron chi connectivity index (χ4n) is 2.59. The molecule has 3 aromatic heterocycles. The number of benzene rings is 1. The number of amides is 1. The Morgan fingerprint density at radius 3 is 2.83 bits per heavy atom. The minimum Gasteiger partial charge on any atom is -0.347 e. The predicted molar refractivity (Wildman–Crippen MR) is 112 cm³/mol. The molecule has 0 bridgehead atoms. The molecule has 3 heterocycles. The van der Waals surface area contributed by atoms with Crippen LogP contribution in [0.1, 0.15) is 11.3 Å². The molecule has 4 aromatic rings. The third-order valence-corrected chi connectivity index (χ3v) is 4.21. The Morgan fingerprint density at radius 1 is 1.10 bits per heavy atom. The molecule has 2 N–H and O–H groups in total. The van der Waals surface area contributed by atoms with E-state index in [0.29, 0.717) is 23.2 Å². The maximum absolute atomic E-state index is 11.7. The SMILES string of the molecule is CN(C)C(=O)CNc1nccc(-c2nccc(C#Cc3ccc4[nH]ncc4c3)n2)n1. The van der Waals surface area contributed by atoms with Crippen LogP contribution in [0, 0.1) is 11.8 Å². The largest absolute Gasteiger partial charge is 0.347 e. The van der Waals surface area contributed by atoms with Crippen molar-refractivity contribution in [1.29, 1.82) is 0 Å². The zero-order chi connectivity index (χ0) is 20.9. The van der Waals surface area contributed by atoms with Crippen LogP contribution in [0.2, 0.25) is 0 Å². The van der Waals surface area contributed by atoms with E-state index in [1.807, 2.05) is 18.2 Å². The molecule has 0 unspecified atom stereocenters. The predicted octanol–water partition coefficient (Wildman–Crippen LogP) is 1.71. The Bertz CT molecular complexity index is 1270. The lowest BCUT2D eigenvalue weighted by Gasteiger charge is -2.11. The number of H-pyrrole nitrogens is 1. The van der Waals surface area contributed by atoms with Crippen LogP contribution in [0.5, 0.6) is 0 Å².